The van der Waals surface area contributed by atoms with E-state index in [1.807, 2.05) is 13.8 Å². The standard InChI is InChI=1S/C22H34N4O2S/c1-5-6-7-8-11-23-20(27)17-10-9-12-26(13-17)15(3)19-24-21(28)18-14(2)16(4)29-22(18)25-19/h15,17H,5-13H2,1-4H3,(H,23,27)(H,24,25,28)/t15-,17+/m1/s1. The van der Waals surface area contributed by atoms with Crippen molar-refractivity contribution in [1.82, 2.24) is 20.2 Å². The first-order valence-corrected chi connectivity index (χ1v) is 11.8. The number of amides is 1. The summed E-state index contributed by atoms with van der Waals surface area (Å²) in [5, 5.41) is 3.83. The summed E-state index contributed by atoms with van der Waals surface area (Å²) >= 11 is 1.58. The summed E-state index contributed by atoms with van der Waals surface area (Å²) in [5.41, 5.74) is 0.962. The van der Waals surface area contributed by atoms with Crippen molar-refractivity contribution in [2.45, 2.75) is 72.3 Å². The van der Waals surface area contributed by atoms with Crippen molar-refractivity contribution < 1.29 is 4.79 Å². The summed E-state index contributed by atoms with van der Waals surface area (Å²) in [6, 6.07) is -0.0185. The summed E-state index contributed by atoms with van der Waals surface area (Å²) < 4.78 is 0. The highest BCUT2D eigenvalue weighted by Gasteiger charge is 2.29. The van der Waals surface area contributed by atoms with E-state index >= 15 is 0 Å². The SMILES string of the molecule is CCCCCCNC(=O)[C@H]1CCCN([C@H](C)c2nc3sc(C)c(C)c3c(=O)[nH]2)C1. The van der Waals surface area contributed by atoms with Crippen molar-refractivity contribution in [2.24, 2.45) is 5.92 Å². The number of thiophene rings is 1. The molecule has 3 rings (SSSR count). The van der Waals surface area contributed by atoms with Crippen LogP contribution in [0.15, 0.2) is 4.79 Å². The summed E-state index contributed by atoms with van der Waals surface area (Å²) in [6.45, 7) is 10.7. The lowest BCUT2D eigenvalue weighted by Crippen LogP contribution is -2.44. The molecule has 160 valence electrons. The van der Waals surface area contributed by atoms with Gasteiger partial charge in [-0.25, -0.2) is 4.98 Å². The minimum absolute atomic E-state index is 0.0130. The molecule has 1 aliphatic rings. The Bertz CT molecular complexity index is 904. The Morgan fingerprint density at radius 2 is 2.14 bits per heavy atom. The molecule has 1 amide bonds. The van der Waals surface area contributed by atoms with Gasteiger partial charge >= 0.3 is 0 Å². The van der Waals surface area contributed by atoms with Crippen LogP contribution >= 0.6 is 11.3 Å². The number of carbonyl (C=O) groups excluding carboxylic acids is 1. The van der Waals surface area contributed by atoms with Gasteiger partial charge in [-0.05, 0) is 52.1 Å². The summed E-state index contributed by atoms with van der Waals surface area (Å²) in [6.07, 6.45) is 6.57. The number of fused-ring (bicyclic) bond motifs is 1. The molecule has 0 aromatic carbocycles. The van der Waals surface area contributed by atoms with Crippen LogP contribution in [0, 0.1) is 19.8 Å². The number of aromatic nitrogens is 2. The first-order valence-electron chi connectivity index (χ1n) is 10.9. The van der Waals surface area contributed by atoms with E-state index in [2.05, 4.69) is 29.0 Å². The first-order chi connectivity index (χ1) is 13.9. The van der Waals surface area contributed by atoms with Crippen LogP contribution in [0.1, 0.15) is 74.7 Å². The second-order valence-corrected chi connectivity index (χ2v) is 9.48. The average Bonchev–Trinajstić information content (AvgIpc) is 3.01. The highest BCUT2D eigenvalue weighted by atomic mass is 32.1. The maximum absolute atomic E-state index is 12.6. The van der Waals surface area contributed by atoms with Crippen LogP contribution in [0.4, 0.5) is 0 Å². The van der Waals surface area contributed by atoms with Crippen LogP contribution in [0.5, 0.6) is 0 Å². The number of hydrogen-bond donors (Lipinski definition) is 2. The third-order valence-electron chi connectivity index (χ3n) is 6.15. The zero-order chi connectivity index (χ0) is 21.0. The van der Waals surface area contributed by atoms with E-state index < -0.39 is 0 Å². The molecule has 0 bridgehead atoms. The number of aryl methyl sites for hydroxylation is 2. The van der Waals surface area contributed by atoms with Crippen LogP contribution in [-0.2, 0) is 4.79 Å². The molecule has 1 saturated heterocycles. The molecule has 0 radical (unpaired) electrons. The lowest BCUT2D eigenvalue weighted by Gasteiger charge is -2.35. The van der Waals surface area contributed by atoms with Crippen LogP contribution in [-0.4, -0.2) is 40.4 Å². The van der Waals surface area contributed by atoms with Crippen molar-refractivity contribution in [3.8, 4) is 0 Å². The molecule has 2 aromatic rings. The Labute approximate surface area is 177 Å². The fraction of sp³-hybridized carbons (Fsp3) is 0.682. The van der Waals surface area contributed by atoms with Crippen molar-refractivity contribution in [1.29, 1.82) is 0 Å². The molecule has 0 unspecified atom stereocenters. The Morgan fingerprint density at radius 3 is 2.90 bits per heavy atom. The lowest BCUT2D eigenvalue weighted by atomic mass is 9.95. The summed E-state index contributed by atoms with van der Waals surface area (Å²) in [5.74, 6) is 0.878. The fourth-order valence-corrected chi connectivity index (χ4v) is 5.16. The fourth-order valence-electron chi connectivity index (χ4n) is 4.12. The number of nitrogens with zero attached hydrogens (tertiary/aromatic N) is 2. The Morgan fingerprint density at radius 1 is 1.34 bits per heavy atom. The van der Waals surface area contributed by atoms with Crippen LogP contribution in [0.25, 0.3) is 10.2 Å². The quantitative estimate of drug-likeness (QED) is 0.634. The number of aromatic amines is 1. The molecule has 0 spiro atoms. The van der Waals surface area contributed by atoms with Gasteiger partial charge in [-0.2, -0.15) is 0 Å². The predicted octanol–water partition coefficient (Wildman–Crippen LogP) is 4.07. The second-order valence-electron chi connectivity index (χ2n) is 8.28. The third kappa shape index (κ3) is 5.07. The largest absolute Gasteiger partial charge is 0.356 e. The van der Waals surface area contributed by atoms with Gasteiger partial charge in [0.1, 0.15) is 10.7 Å². The Hall–Kier alpha value is -1.73. The number of H-pyrrole nitrogens is 1. The molecule has 2 aromatic heterocycles. The number of hydrogen-bond acceptors (Lipinski definition) is 5. The maximum Gasteiger partial charge on any atom is 0.259 e. The van der Waals surface area contributed by atoms with Crippen LogP contribution in [0.2, 0.25) is 0 Å². The highest BCUT2D eigenvalue weighted by molar-refractivity contribution is 7.18. The zero-order valence-electron chi connectivity index (χ0n) is 18.1. The van der Waals surface area contributed by atoms with E-state index in [0.717, 1.165) is 47.6 Å². The maximum atomic E-state index is 12.6. The molecule has 29 heavy (non-hydrogen) atoms. The van der Waals surface area contributed by atoms with Gasteiger partial charge in [0.25, 0.3) is 5.56 Å². The molecule has 2 N–H and O–H groups in total. The molecule has 1 fully saturated rings. The Balaban J connectivity index is 1.65. The van der Waals surface area contributed by atoms with Gasteiger partial charge in [0.2, 0.25) is 5.91 Å². The van der Waals surface area contributed by atoms with E-state index in [1.165, 1.54) is 19.3 Å². The number of piperidine rings is 1. The molecule has 2 atom stereocenters. The molecule has 7 heteroatoms. The number of likely N-dealkylation sites (tertiary alicyclic amines) is 1. The highest BCUT2D eigenvalue weighted by Crippen LogP contribution is 2.29. The van der Waals surface area contributed by atoms with Crippen molar-refractivity contribution in [2.75, 3.05) is 19.6 Å². The third-order valence-corrected chi connectivity index (χ3v) is 7.26. The molecule has 3 heterocycles. The van der Waals surface area contributed by atoms with Gasteiger partial charge in [-0.3, -0.25) is 14.5 Å². The van der Waals surface area contributed by atoms with Gasteiger partial charge < -0.3 is 10.3 Å². The molecular weight excluding hydrogens is 384 g/mol. The topological polar surface area (TPSA) is 78.1 Å². The number of carbonyl (C=O) groups is 1. The van der Waals surface area contributed by atoms with E-state index in [-0.39, 0.29) is 23.4 Å². The normalized spacial score (nSPS) is 18.8. The van der Waals surface area contributed by atoms with Crippen molar-refractivity contribution in [3.63, 3.8) is 0 Å². The number of nitrogens with one attached hydrogen (secondary N) is 2. The van der Waals surface area contributed by atoms with Gasteiger partial charge in [0.15, 0.2) is 0 Å². The molecular formula is C22H34N4O2S. The van der Waals surface area contributed by atoms with Crippen LogP contribution < -0.4 is 10.9 Å². The Kier molecular flexibility index (Phi) is 7.46. The van der Waals surface area contributed by atoms with E-state index in [9.17, 15) is 9.59 Å². The zero-order valence-corrected chi connectivity index (χ0v) is 19.0. The minimum atomic E-state index is -0.0583. The van der Waals surface area contributed by atoms with Crippen molar-refractivity contribution in [3.05, 3.63) is 26.6 Å². The number of rotatable bonds is 8. The van der Waals surface area contributed by atoms with Crippen LogP contribution in [0.3, 0.4) is 0 Å². The number of unbranched alkanes of at least 4 members (excludes halogenated alkanes) is 3. The second kappa shape index (κ2) is 9.85. The van der Waals surface area contributed by atoms with Gasteiger partial charge in [-0.15, -0.1) is 11.3 Å². The van der Waals surface area contributed by atoms with Gasteiger partial charge in [-0.1, -0.05) is 26.2 Å². The van der Waals surface area contributed by atoms with Gasteiger partial charge in [0, 0.05) is 18.0 Å². The molecule has 6 nitrogen and oxygen atoms in total. The molecule has 0 saturated carbocycles. The van der Waals surface area contributed by atoms with Gasteiger partial charge in [0.05, 0.1) is 17.3 Å². The average molecular weight is 419 g/mol. The smallest absolute Gasteiger partial charge is 0.259 e. The monoisotopic (exact) mass is 418 g/mol. The summed E-state index contributed by atoms with van der Waals surface area (Å²) in [7, 11) is 0. The summed E-state index contributed by atoms with van der Waals surface area (Å²) in [4.78, 5) is 37.2. The van der Waals surface area contributed by atoms with E-state index in [4.69, 9.17) is 4.98 Å². The first kappa shape index (κ1) is 22.0. The van der Waals surface area contributed by atoms with E-state index in [0.29, 0.717) is 17.8 Å². The lowest BCUT2D eigenvalue weighted by molar-refractivity contribution is -0.127. The van der Waals surface area contributed by atoms with Crippen molar-refractivity contribution >= 4 is 27.5 Å². The predicted molar refractivity (Wildman–Crippen MR) is 120 cm³/mol. The molecule has 1 aliphatic heterocycles. The molecule has 0 aliphatic carbocycles. The van der Waals surface area contributed by atoms with E-state index in [1.54, 1.807) is 11.3 Å². The minimum Gasteiger partial charge on any atom is -0.356 e.